The van der Waals surface area contributed by atoms with E-state index in [4.69, 9.17) is 0 Å². The van der Waals surface area contributed by atoms with Gasteiger partial charge in [0.05, 0.1) is 0 Å². The van der Waals surface area contributed by atoms with Crippen molar-refractivity contribution < 1.29 is 0 Å². The molecule has 1 saturated carbocycles. The first-order valence-electron chi connectivity index (χ1n) is 9.09. The Morgan fingerprint density at radius 2 is 1.90 bits per heavy atom. The van der Waals surface area contributed by atoms with Crippen LogP contribution in [0.3, 0.4) is 0 Å². The predicted molar refractivity (Wildman–Crippen MR) is 93.9 cm³/mol. The monoisotopic (exact) mass is 297 g/mol. The molecule has 3 nitrogen and oxygen atoms in total. The molecule has 0 aromatic rings. The third kappa shape index (κ3) is 7.12. The van der Waals surface area contributed by atoms with Crippen molar-refractivity contribution in [1.82, 2.24) is 15.1 Å². The summed E-state index contributed by atoms with van der Waals surface area (Å²) in [7, 11) is 4.36. The molecule has 1 fully saturated rings. The van der Waals surface area contributed by atoms with Crippen LogP contribution in [0.1, 0.15) is 52.9 Å². The Morgan fingerprint density at radius 1 is 1.14 bits per heavy atom. The van der Waals surface area contributed by atoms with E-state index < -0.39 is 0 Å². The van der Waals surface area contributed by atoms with Gasteiger partial charge in [-0.3, -0.25) is 0 Å². The summed E-state index contributed by atoms with van der Waals surface area (Å²) in [6.45, 7) is 14.2. The largest absolute Gasteiger partial charge is 0.316 e. The van der Waals surface area contributed by atoms with Crippen molar-refractivity contribution in [3.63, 3.8) is 0 Å². The van der Waals surface area contributed by atoms with E-state index in [0.29, 0.717) is 5.41 Å². The molecular weight excluding hydrogens is 258 g/mol. The highest BCUT2D eigenvalue weighted by Gasteiger charge is 2.35. The zero-order valence-corrected chi connectivity index (χ0v) is 15.2. The molecule has 0 aromatic heterocycles. The lowest BCUT2D eigenvalue weighted by molar-refractivity contribution is 0.0769. The van der Waals surface area contributed by atoms with E-state index in [0.717, 1.165) is 12.5 Å². The van der Waals surface area contributed by atoms with Crippen LogP contribution < -0.4 is 5.32 Å². The molecule has 126 valence electrons. The minimum atomic E-state index is 0.509. The predicted octanol–water partition coefficient (Wildman–Crippen LogP) is 3.07. The standard InChI is InChI=1S/C18H39N3/c1-6-11-21(13-12-20(4)5)16-18(15-19-7-2)10-8-9-17(3)14-18/h17,19H,6-16H2,1-5H3. The lowest BCUT2D eigenvalue weighted by atomic mass is 9.69. The van der Waals surface area contributed by atoms with Gasteiger partial charge in [-0.1, -0.05) is 33.6 Å². The van der Waals surface area contributed by atoms with E-state index in [1.807, 2.05) is 0 Å². The van der Waals surface area contributed by atoms with E-state index in [-0.39, 0.29) is 0 Å². The van der Waals surface area contributed by atoms with Gasteiger partial charge in [-0.15, -0.1) is 0 Å². The first-order valence-corrected chi connectivity index (χ1v) is 9.09. The van der Waals surface area contributed by atoms with Crippen molar-refractivity contribution in [3.05, 3.63) is 0 Å². The van der Waals surface area contributed by atoms with E-state index in [2.05, 4.69) is 50.0 Å². The Hall–Kier alpha value is -0.120. The van der Waals surface area contributed by atoms with Crippen LogP contribution in [0.2, 0.25) is 0 Å². The van der Waals surface area contributed by atoms with Crippen LogP contribution in [0.4, 0.5) is 0 Å². The highest BCUT2D eigenvalue weighted by molar-refractivity contribution is 4.90. The average molecular weight is 298 g/mol. The molecule has 0 aromatic carbocycles. The van der Waals surface area contributed by atoms with E-state index in [1.54, 1.807) is 0 Å². The van der Waals surface area contributed by atoms with Gasteiger partial charge >= 0.3 is 0 Å². The van der Waals surface area contributed by atoms with E-state index in [1.165, 1.54) is 64.8 Å². The third-order valence-corrected chi connectivity index (χ3v) is 4.90. The van der Waals surface area contributed by atoms with Crippen LogP contribution in [-0.4, -0.2) is 63.2 Å². The molecular formula is C18H39N3. The van der Waals surface area contributed by atoms with Crippen molar-refractivity contribution in [2.75, 3.05) is 53.4 Å². The highest BCUT2D eigenvalue weighted by Crippen LogP contribution is 2.39. The normalized spacial score (nSPS) is 26.7. The van der Waals surface area contributed by atoms with Gasteiger partial charge in [0.2, 0.25) is 0 Å². The maximum atomic E-state index is 3.65. The molecule has 0 saturated heterocycles. The quantitative estimate of drug-likeness (QED) is 0.668. The summed E-state index contributed by atoms with van der Waals surface area (Å²) in [6.07, 6.45) is 6.93. The average Bonchev–Trinajstić information content (AvgIpc) is 2.43. The molecule has 0 bridgehead atoms. The van der Waals surface area contributed by atoms with Gasteiger partial charge in [-0.2, -0.15) is 0 Å². The zero-order valence-electron chi connectivity index (χ0n) is 15.2. The Morgan fingerprint density at radius 3 is 2.48 bits per heavy atom. The number of hydrogen-bond donors (Lipinski definition) is 1. The SMILES string of the molecule is CCCN(CCN(C)C)CC1(CNCC)CCCC(C)C1. The molecule has 1 aliphatic carbocycles. The molecule has 3 heteroatoms. The van der Waals surface area contributed by atoms with Gasteiger partial charge in [0, 0.05) is 26.2 Å². The van der Waals surface area contributed by atoms with Gasteiger partial charge < -0.3 is 15.1 Å². The molecule has 1 aliphatic rings. The van der Waals surface area contributed by atoms with Gasteiger partial charge in [-0.05, 0) is 57.8 Å². The molecule has 0 spiro atoms. The molecule has 0 heterocycles. The van der Waals surface area contributed by atoms with Gasteiger partial charge in [-0.25, -0.2) is 0 Å². The fourth-order valence-electron chi connectivity index (χ4n) is 3.92. The number of rotatable bonds is 10. The first kappa shape index (κ1) is 18.9. The highest BCUT2D eigenvalue weighted by atomic mass is 15.2. The van der Waals surface area contributed by atoms with Gasteiger partial charge in [0.15, 0.2) is 0 Å². The molecule has 1 N–H and O–H groups in total. The molecule has 1 rings (SSSR count). The number of nitrogens with one attached hydrogen (secondary N) is 1. The number of hydrogen-bond acceptors (Lipinski definition) is 3. The maximum Gasteiger partial charge on any atom is 0.0109 e. The first-order chi connectivity index (χ1) is 10.0. The summed E-state index contributed by atoms with van der Waals surface area (Å²) in [5, 5.41) is 3.65. The smallest absolute Gasteiger partial charge is 0.0109 e. The summed E-state index contributed by atoms with van der Waals surface area (Å²) in [5.74, 6) is 0.898. The summed E-state index contributed by atoms with van der Waals surface area (Å²) >= 11 is 0. The fourth-order valence-corrected chi connectivity index (χ4v) is 3.92. The van der Waals surface area contributed by atoms with Gasteiger partial charge in [0.1, 0.15) is 0 Å². The Labute approximate surface area is 133 Å². The molecule has 2 unspecified atom stereocenters. The van der Waals surface area contributed by atoms with Crippen LogP contribution >= 0.6 is 0 Å². The third-order valence-electron chi connectivity index (χ3n) is 4.90. The van der Waals surface area contributed by atoms with Crippen molar-refractivity contribution in [2.45, 2.75) is 52.9 Å². The summed E-state index contributed by atoms with van der Waals surface area (Å²) in [4.78, 5) is 5.03. The van der Waals surface area contributed by atoms with Crippen molar-refractivity contribution in [3.8, 4) is 0 Å². The lowest BCUT2D eigenvalue weighted by Gasteiger charge is -2.44. The summed E-state index contributed by atoms with van der Waals surface area (Å²) in [5.41, 5.74) is 0.509. The topological polar surface area (TPSA) is 18.5 Å². The molecule has 0 aliphatic heterocycles. The molecule has 0 amide bonds. The minimum Gasteiger partial charge on any atom is -0.316 e. The second-order valence-corrected chi connectivity index (χ2v) is 7.56. The zero-order chi connectivity index (χ0) is 15.7. The van der Waals surface area contributed by atoms with Crippen LogP contribution in [-0.2, 0) is 0 Å². The molecule has 2 atom stereocenters. The van der Waals surface area contributed by atoms with E-state index >= 15 is 0 Å². The van der Waals surface area contributed by atoms with Crippen LogP contribution in [0.5, 0.6) is 0 Å². The maximum absolute atomic E-state index is 3.65. The van der Waals surface area contributed by atoms with Crippen molar-refractivity contribution in [2.24, 2.45) is 11.3 Å². The molecule has 0 radical (unpaired) electrons. The number of nitrogens with zero attached hydrogens (tertiary/aromatic N) is 2. The van der Waals surface area contributed by atoms with Crippen molar-refractivity contribution >= 4 is 0 Å². The van der Waals surface area contributed by atoms with E-state index in [9.17, 15) is 0 Å². The summed E-state index contributed by atoms with van der Waals surface area (Å²) < 4.78 is 0. The Bertz CT molecular complexity index is 267. The minimum absolute atomic E-state index is 0.509. The van der Waals surface area contributed by atoms with Crippen LogP contribution in [0, 0.1) is 11.3 Å². The lowest BCUT2D eigenvalue weighted by Crippen LogP contribution is -2.48. The second kappa shape index (κ2) is 9.81. The van der Waals surface area contributed by atoms with Crippen LogP contribution in [0.15, 0.2) is 0 Å². The molecule has 21 heavy (non-hydrogen) atoms. The fraction of sp³-hybridized carbons (Fsp3) is 1.00. The second-order valence-electron chi connectivity index (χ2n) is 7.56. The summed E-state index contributed by atoms with van der Waals surface area (Å²) in [6, 6.07) is 0. The number of likely N-dealkylation sites (N-methyl/N-ethyl adjacent to an activating group) is 1. The Balaban J connectivity index is 2.66. The van der Waals surface area contributed by atoms with Gasteiger partial charge in [0.25, 0.3) is 0 Å². The van der Waals surface area contributed by atoms with Crippen LogP contribution in [0.25, 0.3) is 0 Å². The Kier molecular flexibility index (Phi) is 8.84. The van der Waals surface area contributed by atoms with Crippen molar-refractivity contribution in [1.29, 1.82) is 0 Å².